The molecule has 0 spiro atoms. The standard InChI is InChI=1S/C11H12O2.3C2H6/c1-3-9(8(2)12)10-6-4-5-7-11(10)13;3*1-2/h3-7,12-13H,2H2,1H3;3*1-2H3/b9-3+;;;. The Bertz CT molecular complexity index is 352. The third-order valence-electron chi connectivity index (χ3n) is 1.79. The maximum Gasteiger partial charge on any atom is 0.123 e. The Hall–Kier alpha value is -1.70. The zero-order valence-electron chi connectivity index (χ0n) is 13.5. The molecule has 0 saturated carbocycles. The average molecular weight is 266 g/mol. The lowest BCUT2D eigenvalue weighted by molar-refractivity contribution is 0.437. The van der Waals surface area contributed by atoms with E-state index in [1.807, 2.05) is 41.5 Å². The van der Waals surface area contributed by atoms with Gasteiger partial charge in [-0.15, -0.1) is 0 Å². The number of benzene rings is 1. The number of phenols is 1. The van der Waals surface area contributed by atoms with Gasteiger partial charge in [0.15, 0.2) is 0 Å². The largest absolute Gasteiger partial charge is 0.508 e. The maximum absolute atomic E-state index is 9.47. The quantitative estimate of drug-likeness (QED) is 0.513. The molecule has 2 nitrogen and oxygen atoms in total. The predicted molar refractivity (Wildman–Crippen MR) is 87.6 cm³/mol. The van der Waals surface area contributed by atoms with Crippen LogP contribution < -0.4 is 0 Å². The Morgan fingerprint density at radius 1 is 1.00 bits per heavy atom. The van der Waals surface area contributed by atoms with Gasteiger partial charge in [0.25, 0.3) is 0 Å². The lowest BCUT2D eigenvalue weighted by Crippen LogP contribution is -1.87. The summed E-state index contributed by atoms with van der Waals surface area (Å²) in [4.78, 5) is 0. The summed E-state index contributed by atoms with van der Waals surface area (Å²) in [5.41, 5.74) is 1.15. The molecule has 1 rings (SSSR count). The SMILES string of the molecule is C=C(O)/C(=C\C)c1ccccc1O.CC.CC.CC. The molecule has 0 radical (unpaired) electrons. The third kappa shape index (κ3) is 8.95. The molecule has 19 heavy (non-hydrogen) atoms. The summed E-state index contributed by atoms with van der Waals surface area (Å²) in [7, 11) is 0. The summed E-state index contributed by atoms with van der Waals surface area (Å²) >= 11 is 0. The summed E-state index contributed by atoms with van der Waals surface area (Å²) < 4.78 is 0. The number of hydrogen-bond acceptors (Lipinski definition) is 2. The van der Waals surface area contributed by atoms with E-state index < -0.39 is 0 Å². The van der Waals surface area contributed by atoms with E-state index in [0.29, 0.717) is 11.1 Å². The van der Waals surface area contributed by atoms with Crippen molar-refractivity contribution >= 4 is 5.57 Å². The molecular weight excluding hydrogens is 236 g/mol. The monoisotopic (exact) mass is 266 g/mol. The third-order valence-corrected chi connectivity index (χ3v) is 1.79. The molecule has 110 valence electrons. The highest BCUT2D eigenvalue weighted by Gasteiger charge is 2.07. The van der Waals surface area contributed by atoms with Crippen molar-refractivity contribution < 1.29 is 10.2 Å². The fraction of sp³-hybridized carbons (Fsp3) is 0.412. The molecule has 0 aromatic heterocycles. The molecule has 0 heterocycles. The van der Waals surface area contributed by atoms with Crippen LogP contribution in [0.1, 0.15) is 54.0 Å². The molecule has 0 fully saturated rings. The molecule has 0 aliphatic carbocycles. The highest BCUT2D eigenvalue weighted by molar-refractivity contribution is 5.79. The predicted octanol–water partition coefficient (Wildman–Crippen LogP) is 5.95. The van der Waals surface area contributed by atoms with Gasteiger partial charge in [-0.25, -0.2) is 0 Å². The highest BCUT2D eigenvalue weighted by atomic mass is 16.3. The van der Waals surface area contributed by atoms with E-state index in [0.717, 1.165) is 0 Å². The zero-order valence-corrected chi connectivity index (χ0v) is 13.5. The van der Waals surface area contributed by atoms with Crippen LogP contribution in [-0.4, -0.2) is 10.2 Å². The van der Waals surface area contributed by atoms with Crippen molar-refractivity contribution in [3.05, 3.63) is 48.2 Å². The van der Waals surface area contributed by atoms with Gasteiger partial charge in [0.2, 0.25) is 0 Å². The Labute approximate surface area is 119 Å². The number of phenolic OH excluding ortho intramolecular Hbond substituents is 1. The van der Waals surface area contributed by atoms with Gasteiger partial charge in [-0.05, 0) is 13.0 Å². The lowest BCUT2D eigenvalue weighted by atomic mass is 10.0. The van der Waals surface area contributed by atoms with Crippen LogP contribution in [0, 0.1) is 0 Å². The molecule has 2 heteroatoms. The van der Waals surface area contributed by atoms with Crippen LogP contribution in [0.4, 0.5) is 0 Å². The van der Waals surface area contributed by atoms with Crippen molar-refractivity contribution in [2.24, 2.45) is 0 Å². The molecule has 0 unspecified atom stereocenters. The normalized spacial score (nSPS) is 8.68. The Morgan fingerprint density at radius 2 is 1.42 bits per heavy atom. The van der Waals surface area contributed by atoms with Crippen molar-refractivity contribution in [2.75, 3.05) is 0 Å². The van der Waals surface area contributed by atoms with Crippen LogP contribution in [0.15, 0.2) is 42.7 Å². The van der Waals surface area contributed by atoms with Crippen LogP contribution in [-0.2, 0) is 0 Å². The molecular formula is C17H30O2. The number of aliphatic hydroxyl groups excluding tert-OH is 1. The summed E-state index contributed by atoms with van der Waals surface area (Å²) in [6, 6.07) is 6.82. The Kier molecular flexibility index (Phi) is 19.3. The molecule has 1 aromatic rings. The number of hydrogen-bond donors (Lipinski definition) is 2. The van der Waals surface area contributed by atoms with Crippen LogP contribution in [0.3, 0.4) is 0 Å². The first-order chi connectivity index (χ1) is 9.16. The van der Waals surface area contributed by atoms with Gasteiger partial charge in [-0.1, -0.05) is 72.4 Å². The molecule has 0 aliphatic rings. The minimum Gasteiger partial charge on any atom is -0.508 e. The van der Waals surface area contributed by atoms with E-state index in [4.69, 9.17) is 0 Å². The van der Waals surface area contributed by atoms with Crippen LogP contribution in [0.25, 0.3) is 5.57 Å². The summed E-state index contributed by atoms with van der Waals surface area (Å²) in [6.07, 6.45) is 1.71. The Balaban J connectivity index is -0.000000375. The smallest absolute Gasteiger partial charge is 0.123 e. The molecule has 0 aliphatic heterocycles. The van der Waals surface area contributed by atoms with E-state index in [9.17, 15) is 10.2 Å². The first-order valence-corrected chi connectivity index (χ1v) is 6.99. The number of aliphatic hydroxyl groups is 1. The van der Waals surface area contributed by atoms with Gasteiger partial charge in [0, 0.05) is 11.1 Å². The molecule has 0 amide bonds. The van der Waals surface area contributed by atoms with Crippen LogP contribution in [0.2, 0.25) is 0 Å². The molecule has 2 N–H and O–H groups in total. The highest BCUT2D eigenvalue weighted by Crippen LogP contribution is 2.27. The number of rotatable bonds is 2. The van der Waals surface area contributed by atoms with E-state index in [-0.39, 0.29) is 11.5 Å². The first kappa shape index (κ1) is 22.5. The van der Waals surface area contributed by atoms with Crippen molar-refractivity contribution in [1.29, 1.82) is 0 Å². The van der Waals surface area contributed by atoms with E-state index in [1.165, 1.54) is 0 Å². The lowest BCUT2D eigenvalue weighted by Gasteiger charge is -2.06. The summed E-state index contributed by atoms with van der Waals surface area (Å²) in [5.74, 6) is 0.106. The molecule has 0 bridgehead atoms. The van der Waals surface area contributed by atoms with Crippen molar-refractivity contribution in [3.8, 4) is 5.75 Å². The second-order valence-electron chi connectivity index (χ2n) is 2.67. The van der Waals surface area contributed by atoms with Crippen LogP contribution >= 0.6 is 0 Å². The number of para-hydroxylation sites is 1. The zero-order chi connectivity index (χ0) is 15.8. The molecule has 0 atom stereocenters. The minimum absolute atomic E-state index is 0.0380. The van der Waals surface area contributed by atoms with Gasteiger partial charge >= 0.3 is 0 Å². The van der Waals surface area contributed by atoms with Crippen molar-refractivity contribution in [1.82, 2.24) is 0 Å². The first-order valence-electron chi connectivity index (χ1n) is 6.99. The van der Waals surface area contributed by atoms with Gasteiger partial charge in [0.05, 0.1) is 0 Å². The number of aromatic hydroxyl groups is 1. The summed E-state index contributed by atoms with van der Waals surface area (Å²) in [5, 5.41) is 18.7. The second-order valence-corrected chi connectivity index (χ2v) is 2.67. The topological polar surface area (TPSA) is 40.5 Å². The van der Waals surface area contributed by atoms with E-state index in [1.54, 1.807) is 37.3 Å². The van der Waals surface area contributed by atoms with Gasteiger partial charge in [-0.2, -0.15) is 0 Å². The fourth-order valence-corrected chi connectivity index (χ4v) is 1.18. The van der Waals surface area contributed by atoms with Gasteiger partial charge in [-0.3, -0.25) is 0 Å². The maximum atomic E-state index is 9.47. The van der Waals surface area contributed by atoms with Gasteiger partial charge < -0.3 is 10.2 Å². The Morgan fingerprint density at radius 3 is 1.74 bits per heavy atom. The van der Waals surface area contributed by atoms with E-state index >= 15 is 0 Å². The van der Waals surface area contributed by atoms with E-state index in [2.05, 4.69) is 6.58 Å². The average Bonchev–Trinajstić information content (AvgIpc) is 2.48. The summed E-state index contributed by atoms with van der Waals surface area (Å²) in [6.45, 7) is 17.2. The second kappa shape index (κ2) is 16.3. The van der Waals surface area contributed by atoms with Crippen molar-refractivity contribution in [3.63, 3.8) is 0 Å². The van der Waals surface area contributed by atoms with Gasteiger partial charge in [0.1, 0.15) is 11.5 Å². The minimum atomic E-state index is -0.0380. The van der Waals surface area contributed by atoms with Crippen LogP contribution in [0.5, 0.6) is 5.75 Å². The molecule has 0 saturated heterocycles. The number of allylic oxidation sites excluding steroid dienone is 2. The fourth-order valence-electron chi connectivity index (χ4n) is 1.18. The van der Waals surface area contributed by atoms with Crippen molar-refractivity contribution in [2.45, 2.75) is 48.5 Å². The molecule has 1 aromatic carbocycles.